The number of benzene rings is 1. The number of aromatic nitrogens is 1. The Morgan fingerprint density at radius 3 is 3.06 bits per heavy atom. The van der Waals surface area contributed by atoms with Gasteiger partial charge in [0.05, 0.1) is 7.11 Å². The van der Waals surface area contributed by atoms with Crippen LogP contribution in [0.15, 0.2) is 18.2 Å². The summed E-state index contributed by atoms with van der Waals surface area (Å²) in [5.41, 5.74) is 4.25. The maximum absolute atomic E-state index is 5.34. The van der Waals surface area contributed by atoms with Crippen LogP contribution in [0.4, 0.5) is 0 Å². The molecule has 0 saturated carbocycles. The van der Waals surface area contributed by atoms with Gasteiger partial charge in [-0.1, -0.05) is 19.8 Å². The summed E-state index contributed by atoms with van der Waals surface area (Å²) in [6.45, 7) is 2.29. The van der Waals surface area contributed by atoms with Crippen molar-refractivity contribution in [2.24, 2.45) is 5.92 Å². The van der Waals surface area contributed by atoms with Crippen molar-refractivity contribution in [2.75, 3.05) is 7.11 Å². The molecule has 0 radical (unpaired) electrons. The van der Waals surface area contributed by atoms with E-state index in [4.69, 9.17) is 4.74 Å². The SMILES string of the molecule is CCCC1CCc2[nH]c3ccc(OC)cc3c2C1. The largest absolute Gasteiger partial charge is 0.497 e. The fourth-order valence-corrected chi connectivity index (χ4v) is 3.25. The molecule has 1 N–H and O–H groups in total. The van der Waals surface area contributed by atoms with Crippen LogP contribution in [0.1, 0.15) is 37.4 Å². The topological polar surface area (TPSA) is 25.0 Å². The maximum atomic E-state index is 5.34. The minimum absolute atomic E-state index is 0.868. The monoisotopic (exact) mass is 243 g/mol. The van der Waals surface area contributed by atoms with E-state index in [0.717, 1.165) is 11.7 Å². The zero-order valence-corrected chi connectivity index (χ0v) is 11.3. The van der Waals surface area contributed by atoms with E-state index in [1.165, 1.54) is 54.3 Å². The third kappa shape index (κ3) is 1.90. The number of rotatable bonds is 3. The van der Waals surface area contributed by atoms with E-state index >= 15 is 0 Å². The van der Waals surface area contributed by atoms with E-state index in [0.29, 0.717) is 0 Å². The van der Waals surface area contributed by atoms with Crippen molar-refractivity contribution in [2.45, 2.75) is 39.0 Å². The molecule has 0 spiro atoms. The average molecular weight is 243 g/mol. The molecule has 1 aromatic heterocycles. The number of aryl methyl sites for hydroxylation is 1. The summed E-state index contributed by atoms with van der Waals surface area (Å²) in [7, 11) is 1.74. The number of hydrogen-bond acceptors (Lipinski definition) is 1. The van der Waals surface area contributed by atoms with Crippen LogP contribution in [0.25, 0.3) is 10.9 Å². The third-order valence-corrected chi connectivity index (χ3v) is 4.19. The van der Waals surface area contributed by atoms with Crippen molar-refractivity contribution < 1.29 is 4.74 Å². The summed E-state index contributed by atoms with van der Waals surface area (Å²) in [5, 5.41) is 1.37. The van der Waals surface area contributed by atoms with E-state index in [1.807, 2.05) is 6.07 Å². The van der Waals surface area contributed by atoms with Gasteiger partial charge in [0.25, 0.3) is 0 Å². The van der Waals surface area contributed by atoms with Gasteiger partial charge in [-0.15, -0.1) is 0 Å². The van der Waals surface area contributed by atoms with Gasteiger partial charge in [-0.25, -0.2) is 0 Å². The maximum Gasteiger partial charge on any atom is 0.119 e. The van der Waals surface area contributed by atoms with Crippen LogP contribution in [-0.4, -0.2) is 12.1 Å². The Balaban J connectivity index is 2.02. The smallest absolute Gasteiger partial charge is 0.119 e. The minimum Gasteiger partial charge on any atom is -0.497 e. The number of nitrogens with one attached hydrogen (secondary N) is 1. The van der Waals surface area contributed by atoms with Crippen molar-refractivity contribution in [1.29, 1.82) is 0 Å². The molecule has 2 nitrogen and oxygen atoms in total. The highest BCUT2D eigenvalue weighted by Crippen LogP contribution is 2.34. The lowest BCUT2D eigenvalue weighted by Gasteiger charge is -2.21. The fraction of sp³-hybridized carbons (Fsp3) is 0.500. The lowest BCUT2D eigenvalue weighted by molar-refractivity contribution is 0.415. The molecule has 18 heavy (non-hydrogen) atoms. The molecule has 1 atom stereocenters. The molecule has 2 heteroatoms. The Morgan fingerprint density at radius 1 is 1.39 bits per heavy atom. The van der Waals surface area contributed by atoms with Gasteiger partial charge in [0.2, 0.25) is 0 Å². The molecule has 2 aromatic rings. The predicted octanol–water partition coefficient (Wildman–Crippen LogP) is 4.08. The van der Waals surface area contributed by atoms with Gasteiger partial charge >= 0.3 is 0 Å². The highest BCUT2D eigenvalue weighted by Gasteiger charge is 2.21. The highest BCUT2D eigenvalue weighted by molar-refractivity contribution is 5.86. The van der Waals surface area contributed by atoms with Crippen molar-refractivity contribution in [1.82, 2.24) is 4.98 Å². The molecule has 0 bridgehead atoms. The standard InChI is InChI=1S/C16H21NO/c1-3-4-11-5-7-15-13(9-11)14-10-12(18-2)6-8-16(14)17-15/h6,8,10-11,17H,3-5,7,9H2,1-2H3. The van der Waals surface area contributed by atoms with Gasteiger partial charge in [0.15, 0.2) is 0 Å². The first-order chi connectivity index (χ1) is 8.81. The average Bonchev–Trinajstić information content (AvgIpc) is 2.76. The minimum atomic E-state index is 0.868. The molecule has 96 valence electrons. The van der Waals surface area contributed by atoms with Gasteiger partial charge in [-0.2, -0.15) is 0 Å². The molecule has 1 aliphatic carbocycles. The van der Waals surface area contributed by atoms with Crippen molar-refractivity contribution in [3.63, 3.8) is 0 Å². The van der Waals surface area contributed by atoms with Crippen LogP contribution >= 0.6 is 0 Å². The summed E-state index contributed by atoms with van der Waals surface area (Å²) >= 11 is 0. The summed E-state index contributed by atoms with van der Waals surface area (Å²) < 4.78 is 5.34. The molecule has 1 heterocycles. The molecule has 0 saturated heterocycles. The van der Waals surface area contributed by atoms with Crippen LogP contribution in [0.2, 0.25) is 0 Å². The normalized spacial score (nSPS) is 18.9. The Kier molecular flexibility index (Phi) is 3.02. The molecule has 1 aromatic carbocycles. The van der Waals surface area contributed by atoms with Gasteiger partial charge in [0, 0.05) is 16.6 Å². The summed E-state index contributed by atoms with van der Waals surface area (Å²) in [6.07, 6.45) is 6.43. The molecule has 1 aliphatic rings. The zero-order valence-electron chi connectivity index (χ0n) is 11.3. The highest BCUT2D eigenvalue weighted by atomic mass is 16.5. The molecular formula is C16H21NO. The second kappa shape index (κ2) is 4.68. The van der Waals surface area contributed by atoms with Crippen molar-refractivity contribution in [3.8, 4) is 5.75 Å². The number of aromatic amines is 1. The Bertz CT molecular complexity index is 555. The van der Waals surface area contributed by atoms with Crippen molar-refractivity contribution in [3.05, 3.63) is 29.5 Å². The molecule has 3 rings (SSSR count). The zero-order chi connectivity index (χ0) is 12.5. The van der Waals surface area contributed by atoms with E-state index < -0.39 is 0 Å². The number of hydrogen-bond donors (Lipinski definition) is 1. The summed E-state index contributed by atoms with van der Waals surface area (Å²) in [6, 6.07) is 6.36. The van der Waals surface area contributed by atoms with Crippen LogP contribution < -0.4 is 4.74 Å². The first-order valence-corrected chi connectivity index (χ1v) is 6.99. The lowest BCUT2D eigenvalue weighted by Crippen LogP contribution is -2.13. The molecule has 0 amide bonds. The Morgan fingerprint density at radius 2 is 2.28 bits per heavy atom. The number of methoxy groups -OCH3 is 1. The third-order valence-electron chi connectivity index (χ3n) is 4.19. The number of H-pyrrole nitrogens is 1. The van der Waals surface area contributed by atoms with Gasteiger partial charge in [-0.3, -0.25) is 0 Å². The molecule has 0 aliphatic heterocycles. The molecule has 1 unspecified atom stereocenters. The predicted molar refractivity (Wildman–Crippen MR) is 75.3 cm³/mol. The van der Waals surface area contributed by atoms with Crippen LogP contribution in [0.3, 0.4) is 0 Å². The van der Waals surface area contributed by atoms with Gasteiger partial charge < -0.3 is 9.72 Å². The van der Waals surface area contributed by atoms with E-state index in [-0.39, 0.29) is 0 Å². The van der Waals surface area contributed by atoms with Crippen LogP contribution in [-0.2, 0) is 12.8 Å². The van der Waals surface area contributed by atoms with Gasteiger partial charge in [-0.05, 0) is 48.9 Å². The van der Waals surface area contributed by atoms with Gasteiger partial charge in [0.1, 0.15) is 5.75 Å². The molecular weight excluding hydrogens is 222 g/mol. The molecule has 0 fully saturated rings. The first-order valence-electron chi connectivity index (χ1n) is 6.99. The van der Waals surface area contributed by atoms with E-state index in [1.54, 1.807) is 7.11 Å². The fourth-order valence-electron chi connectivity index (χ4n) is 3.25. The lowest BCUT2D eigenvalue weighted by atomic mass is 9.84. The second-order valence-corrected chi connectivity index (χ2v) is 5.39. The Hall–Kier alpha value is -1.44. The quantitative estimate of drug-likeness (QED) is 0.863. The second-order valence-electron chi connectivity index (χ2n) is 5.39. The van der Waals surface area contributed by atoms with Crippen LogP contribution in [0.5, 0.6) is 5.75 Å². The first kappa shape index (κ1) is 11.6. The van der Waals surface area contributed by atoms with E-state index in [2.05, 4.69) is 24.0 Å². The summed E-state index contributed by atoms with van der Waals surface area (Å²) in [5.74, 6) is 1.83. The van der Waals surface area contributed by atoms with E-state index in [9.17, 15) is 0 Å². The van der Waals surface area contributed by atoms with Crippen LogP contribution in [0, 0.1) is 5.92 Å². The Labute approximate surface area is 108 Å². The number of fused-ring (bicyclic) bond motifs is 3. The summed E-state index contributed by atoms with van der Waals surface area (Å²) in [4.78, 5) is 3.57. The number of ether oxygens (including phenoxy) is 1. The van der Waals surface area contributed by atoms with Crippen molar-refractivity contribution >= 4 is 10.9 Å².